The third-order valence-corrected chi connectivity index (χ3v) is 6.23. The Morgan fingerprint density at radius 3 is 2.36 bits per heavy atom. The molecule has 2 bridgehead atoms. The SMILES string of the molecule is O=C(Nc1ccccc1)NC1CCN(C(=O)[C@@H]2C[C@H]3CC[C@H]2C3)CC1. The molecule has 1 saturated heterocycles. The molecule has 3 fully saturated rings. The van der Waals surface area contributed by atoms with Gasteiger partial charge < -0.3 is 15.5 Å². The zero-order valence-corrected chi connectivity index (χ0v) is 14.6. The topological polar surface area (TPSA) is 61.4 Å². The van der Waals surface area contributed by atoms with Crippen molar-refractivity contribution in [1.82, 2.24) is 10.2 Å². The monoisotopic (exact) mass is 341 g/mol. The van der Waals surface area contributed by atoms with Crippen LogP contribution >= 0.6 is 0 Å². The molecule has 1 aromatic rings. The number of carbonyl (C=O) groups excluding carboxylic acids is 2. The van der Waals surface area contributed by atoms with Gasteiger partial charge in [0.05, 0.1) is 0 Å². The lowest BCUT2D eigenvalue weighted by molar-refractivity contribution is -0.138. The minimum absolute atomic E-state index is 0.146. The highest BCUT2D eigenvalue weighted by molar-refractivity contribution is 5.89. The number of nitrogens with zero attached hydrogens (tertiary/aromatic N) is 1. The number of fused-ring (bicyclic) bond motifs is 2. The van der Waals surface area contributed by atoms with Gasteiger partial charge in [-0.2, -0.15) is 0 Å². The quantitative estimate of drug-likeness (QED) is 0.887. The molecule has 2 aliphatic carbocycles. The second-order valence-electron chi connectivity index (χ2n) is 7.85. The maximum absolute atomic E-state index is 12.8. The number of para-hydroxylation sites is 1. The van der Waals surface area contributed by atoms with E-state index in [2.05, 4.69) is 10.6 Å². The molecule has 2 N–H and O–H groups in total. The van der Waals surface area contributed by atoms with Crippen molar-refractivity contribution in [3.63, 3.8) is 0 Å². The third-order valence-electron chi connectivity index (χ3n) is 6.23. The van der Waals surface area contributed by atoms with Gasteiger partial charge in [-0.1, -0.05) is 24.6 Å². The number of hydrogen-bond donors (Lipinski definition) is 2. The van der Waals surface area contributed by atoms with E-state index in [0.717, 1.165) is 44.0 Å². The van der Waals surface area contributed by atoms with Crippen molar-refractivity contribution in [3.05, 3.63) is 30.3 Å². The van der Waals surface area contributed by atoms with Crippen molar-refractivity contribution in [1.29, 1.82) is 0 Å². The fourth-order valence-electron chi connectivity index (χ4n) is 4.90. The predicted molar refractivity (Wildman–Crippen MR) is 97.1 cm³/mol. The molecular formula is C20H27N3O2. The Labute approximate surface area is 149 Å². The minimum atomic E-state index is -0.163. The Morgan fingerprint density at radius 2 is 1.72 bits per heavy atom. The van der Waals surface area contributed by atoms with E-state index in [9.17, 15) is 9.59 Å². The van der Waals surface area contributed by atoms with E-state index in [1.807, 2.05) is 35.2 Å². The number of hydrogen-bond acceptors (Lipinski definition) is 2. The van der Waals surface area contributed by atoms with Crippen LogP contribution in [0.1, 0.15) is 38.5 Å². The average molecular weight is 341 g/mol. The van der Waals surface area contributed by atoms with Crippen molar-refractivity contribution in [2.75, 3.05) is 18.4 Å². The second-order valence-corrected chi connectivity index (χ2v) is 7.85. The molecule has 1 heterocycles. The molecule has 1 aliphatic heterocycles. The lowest BCUT2D eigenvalue weighted by Crippen LogP contribution is -2.49. The summed E-state index contributed by atoms with van der Waals surface area (Å²) in [5.41, 5.74) is 0.795. The number of piperidine rings is 1. The number of urea groups is 1. The van der Waals surface area contributed by atoms with Gasteiger partial charge in [0.25, 0.3) is 0 Å². The molecule has 4 rings (SSSR count). The summed E-state index contributed by atoms with van der Waals surface area (Å²) in [5, 5.41) is 5.89. The van der Waals surface area contributed by atoms with Gasteiger partial charge in [0, 0.05) is 30.7 Å². The lowest BCUT2D eigenvalue weighted by Gasteiger charge is -2.35. The molecule has 134 valence electrons. The molecule has 3 amide bonds. The largest absolute Gasteiger partial charge is 0.342 e. The molecule has 2 saturated carbocycles. The Kier molecular flexibility index (Phi) is 4.64. The van der Waals surface area contributed by atoms with E-state index in [0.29, 0.717) is 11.8 Å². The summed E-state index contributed by atoms with van der Waals surface area (Å²) in [6.07, 6.45) is 6.65. The Hall–Kier alpha value is -2.04. The Morgan fingerprint density at radius 1 is 0.960 bits per heavy atom. The Balaban J connectivity index is 1.23. The molecule has 5 heteroatoms. The highest BCUT2D eigenvalue weighted by Crippen LogP contribution is 2.49. The molecule has 0 unspecified atom stereocenters. The summed E-state index contributed by atoms with van der Waals surface area (Å²) in [6.45, 7) is 1.53. The van der Waals surface area contributed by atoms with Crippen LogP contribution in [0.25, 0.3) is 0 Å². The van der Waals surface area contributed by atoms with Crippen molar-refractivity contribution >= 4 is 17.6 Å². The molecule has 3 aliphatic rings. The van der Waals surface area contributed by atoms with E-state index >= 15 is 0 Å². The number of amides is 3. The lowest BCUT2D eigenvalue weighted by atomic mass is 9.87. The molecule has 3 atom stereocenters. The molecule has 0 spiro atoms. The van der Waals surface area contributed by atoms with Gasteiger partial charge in [0.15, 0.2) is 0 Å². The van der Waals surface area contributed by atoms with Crippen LogP contribution in [0.15, 0.2) is 30.3 Å². The smallest absolute Gasteiger partial charge is 0.319 e. The van der Waals surface area contributed by atoms with E-state index in [1.165, 1.54) is 19.3 Å². The zero-order valence-electron chi connectivity index (χ0n) is 14.6. The standard InChI is InChI=1S/C20H27N3O2/c24-19(18-13-14-6-7-15(18)12-14)23-10-8-17(9-11-23)22-20(25)21-16-4-2-1-3-5-16/h1-5,14-15,17-18H,6-13H2,(H2,21,22,25)/t14-,15-,18+/m0/s1. The fourth-order valence-corrected chi connectivity index (χ4v) is 4.90. The van der Waals surface area contributed by atoms with E-state index in [-0.39, 0.29) is 18.0 Å². The van der Waals surface area contributed by atoms with Crippen molar-refractivity contribution in [3.8, 4) is 0 Å². The summed E-state index contributed by atoms with van der Waals surface area (Å²) in [7, 11) is 0. The first-order chi connectivity index (χ1) is 12.2. The fraction of sp³-hybridized carbons (Fsp3) is 0.600. The number of anilines is 1. The van der Waals surface area contributed by atoms with E-state index < -0.39 is 0 Å². The van der Waals surface area contributed by atoms with Crippen LogP contribution in [0.2, 0.25) is 0 Å². The van der Waals surface area contributed by atoms with Crippen LogP contribution in [0.5, 0.6) is 0 Å². The van der Waals surface area contributed by atoms with E-state index in [4.69, 9.17) is 0 Å². The van der Waals surface area contributed by atoms with Crippen LogP contribution in [0.4, 0.5) is 10.5 Å². The van der Waals surface area contributed by atoms with Gasteiger partial charge in [0.1, 0.15) is 0 Å². The molecule has 1 aromatic carbocycles. The van der Waals surface area contributed by atoms with Crippen LogP contribution in [-0.4, -0.2) is 36.0 Å². The van der Waals surface area contributed by atoms with Crippen molar-refractivity contribution in [2.45, 2.75) is 44.6 Å². The highest BCUT2D eigenvalue weighted by Gasteiger charge is 2.44. The van der Waals surface area contributed by atoms with Gasteiger partial charge in [-0.05, 0) is 56.1 Å². The first-order valence-corrected chi connectivity index (χ1v) is 9.60. The van der Waals surface area contributed by atoms with Crippen molar-refractivity contribution in [2.24, 2.45) is 17.8 Å². The number of likely N-dealkylation sites (tertiary alicyclic amines) is 1. The molecule has 0 radical (unpaired) electrons. The number of benzene rings is 1. The predicted octanol–water partition coefficient (Wildman–Crippen LogP) is 3.24. The number of carbonyl (C=O) groups is 2. The van der Waals surface area contributed by atoms with Crippen molar-refractivity contribution < 1.29 is 9.59 Å². The van der Waals surface area contributed by atoms with Gasteiger partial charge in [0.2, 0.25) is 5.91 Å². The van der Waals surface area contributed by atoms with E-state index in [1.54, 1.807) is 0 Å². The Bertz CT molecular complexity index is 625. The van der Waals surface area contributed by atoms with Gasteiger partial charge in [-0.3, -0.25) is 4.79 Å². The summed E-state index contributed by atoms with van der Waals surface area (Å²) in [6, 6.07) is 9.44. The number of rotatable bonds is 3. The third kappa shape index (κ3) is 3.65. The van der Waals surface area contributed by atoms with Crippen LogP contribution < -0.4 is 10.6 Å². The first kappa shape index (κ1) is 16.4. The maximum Gasteiger partial charge on any atom is 0.319 e. The van der Waals surface area contributed by atoms with Crippen LogP contribution in [0.3, 0.4) is 0 Å². The van der Waals surface area contributed by atoms with Gasteiger partial charge >= 0.3 is 6.03 Å². The summed E-state index contributed by atoms with van der Waals surface area (Å²) < 4.78 is 0. The highest BCUT2D eigenvalue weighted by atomic mass is 16.2. The van der Waals surface area contributed by atoms with Crippen LogP contribution in [-0.2, 0) is 4.79 Å². The summed E-state index contributed by atoms with van der Waals surface area (Å²) in [4.78, 5) is 26.9. The van der Waals surface area contributed by atoms with Crippen LogP contribution in [0, 0.1) is 17.8 Å². The summed E-state index contributed by atoms with van der Waals surface area (Å²) >= 11 is 0. The second kappa shape index (κ2) is 7.06. The maximum atomic E-state index is 12.8. The molecular weight excluding hydrogens is 314 g/mol. The molecule has 25 heavy (non-hydrogen) atoms. The summed E-state index contributed by atoms with van der Waals surface area (Å²) in [5.74, 6) is 2.11. The van der Waals surface area contributed by atoms with Gasteiger partial charge in [-0.25, -0.2) is 4.79 Å². The number of nitrogens with one attached hydrogen (secondary N) is 2. The molecule has 0 aromatic heterocycles. The normalized spacial score (nSPS) is 28.8. The average Bonchev–Trinajstić information content (AvgIpc) is 3.26. The minimum Gasteiger partial charge on any atom is -0.342 e. The molecule has 5 nitrogen and oxygen atoms in total. The van der Waals surface area contributed by atoms with Gasteiger partial charge in [-0.15, -0.1) is 0 Å². The first-order valence-electron chi connectivity index (χ1n) is 9.60. The zero-order chi connectivity index (χ0) is 17.2.